The van der Waals surface area contributed by atoms with Crippen LogP contribution in [0.5, 0.6) is 0 Å². The van der Waals surface area contributed by atoms with Crippen LogP contribution in [0, 0.1) is 19.7 Å². The van der Waals surface area contributed by atoms with Crippen LogP contribution in [0.1, 0.15) is 28.3 Å². The Morgan fingerprint density at radius 1 is 1.28 bits per heavy atom. The first kappa shape index (κ1) is 12.9. The lowest BCUT2D eigenvalue weighted by atomic mass is 10.1. The van der Waals surface area contributed by atoms with Gasteiger partial charge >= 0.3 is 0 Å². The summed E-state index contributed by atoms with van der Waals surface area (Å²) in [6, 6.07) is 7.48. The first-order chi connectivity index (χ1) is 8.47. The van der Waals surface area contributed by atoms with Crippen molar-refractivity contribution in [2.75, 3.05) is 11.1 Å². The Morgan fingerprint density at radius 3 is 2.61 bits per heavy atom. The summed E-state index contributed by atoms with van der Waals surface area (Å²) in [5, 5.41) is 3.33. The Labute approximate surface area is 111 Å². The molecule has 2 aromatic rings. The van der Waals surface area contributed by atoms with Crippen LogP contribution in [0.3, 0.4) is 0 Å². The number of aryl methyl sites for hydroxylation is 2. The molecule has 0 saturated heterocycles. The Balaban J connectivity index is 2.21. The van der Waals surface area contributed by atoms with Crippen molar-refractivity contribution in [3.63, 3.8) is 0 Å². The molecule has 0 aliphatic carbocycles. The van der Waals surface area contributed by atoms with Crippen molar-refractivity contribution in [3.8, 4) is 0 Å². The van der Waals surface area contributed by atoms with E-state index < -0.39 is 0 Å². The standard InChI is InChI=1S/C14H17FN2S/c1-8-6-13(12(16)7-11(8)15)17-10(3)14-5-4-9(2)18-14/h4-7,10,17H,16H2,1-3H3. The van der Waals surface area contributed by atoms with Gasteiger partial charge in [0, 0.05) is 9.75 Å². The minimum Gasteiger partial charge on any atom is -0.397 e. The molecule has 1 heterocycles. The van der Waals surface area contributed by atoms with Crippen molar-refractivity contribution in [1.29, 1.82) is 0 Å². The third kappa shape index (κ3) is 2.64. The fourth-order valence-corrected chi connectivity index (χ4v) is 2.69. The normalized spacial score (nSPS) is 12.4. The molecule has 0 bridgehead atoms. The number of nitrogens with two attached hydrogens (primary N) is 1. The third-order valence-corrected chi connectivity index (χ3v) is 4.07. The number of anilines is 2. The predicted molar refractivity (Wildman–Crippen MR) is 76.6 cm³/mol. The van der Waals surface area contributed by atoms with E-state index in [1.807, 2.05) is 0 Å². The van der Waals surface area contributed by atoms with Gasteiger partial charge in [0.05, 0.1) is 17.4 Å². The molecule has 0 spiro atoms. The van der Waals surface area contributed by atoms with Crippen molar-refractivity contribution in [3.05, 3.63) is 45.4 Å². The van der Waals surface area contributed by atoms with E-state index in [9.17, 15) is 4.39 Å². The number of halogens is 1. The molecule has 1 aromatic carbocycles. The number of nitrogen functional groups attached to an aromatic ring is 1. The zero-order chi connectivity index (χ0) is 13.3. The van der Waals surface area contributed by atoms with Crippen LogP contribution in [0.4, 0.5) is 15.8 Å². The Kier molecular flexibility index (Phi) is 3.57. The second-order valence-electron chi connectivity index (χ2n) is 4.50. The summed E-state index contributed by atoms with van der Waals surface area (Å²) in [6.07, 6.45) is 0. The molecule has 3 N–H and O–H groups in total. The maximum Gasteiger partial charge on any atom is 0.128 e. The molecule has 1 atom stereocenters. The van der Waals surface area contributed by atoms with Crippen LogP contribution in [-0.2, 0) is 0 Å². The molecule has 0 radical (unpaired) electrons. The Bertz CT molecular complexity index is 563. The molecule has 4 heteroatoms. The number of nitrogens with one attached hydrogen (secondary N) is 1. The maximum absolute atomic E-state index is 13.3. The highest BCUT2D eigenvalue weighted by Gasteiger charge is 2.11. The summed E-state index contributed by atoms with van der Waals surface area (Å²) in [6.45, 7) is 5.89. The van der Waals surface area contributed by atoms with E-state index in [-0.39, 0.29) is 11.9 Å². The highest BCUT2D eigenvalue weighted by Crippen LogP contribution is 2.29. The van der Waals surface area contributed by atoms with Gasteiger partial charge in [-0.15, -0.1) is 11.3 Å². The van der Waals surface area contributed by atoms with Gasteiger partial charge in [-0.25, -0.2) is 4.39 Å². The first-order valence-corrected chi connectivity index (χ1v) is 6.67. The quantitative estimate of drug-likeness (QED) is 0.813. The molecular formula is C14H17FN2S. The van der Waals surface area contributed by atoms with E-state index in [0.29, 0.717) is 11.3 Å². The lowest BCUT2D eigenvalue weighted by molar-refractivity contribution is 0.619. The van der Waals surface area contributed by atoms with Gasteiger partial charge in [-0.05, 0) is 50.6 Å². The summed E-state index contributed by atoms with van der Waals surface area (Å²) in [5.74, 6) is -0.266. The van der Waals surface area contributed by atoms with E-state index >= 15 is 0 Å². The molecule has 0 aliphatic rings. The van der Waals surface area contributed by atoms with Crippen LogP contribution in [-0.4, -0.2) is 0 Å². The van der Waals surface area contributed by atoms with E-state index in [0.717, 1.165) is 5.69 Å². The number of benzene rings is 1. The average molecular weight is 264 g/mol. The molecule has 0 amide bonds. The molecule has 0 saturated carbocycles. The van der Waals surface area contributed by atoms with Crippen LogP contribution in [0.25, 0.3) is 0 Å². The highest BCUT2D eigenvalue weighted by atomic mass is 32.1. The van der Waals surface area contributed by atoms with Crippen LogP contribution in [0.15, 0.2) is 24.3 Å². The lowest BCUT2D eigenvalue weighted by Gasteiger charge is -2.16. The summed E-state index contributed by atoms with van der Waals surface area (Å²) in [4.78, 5) is 2.52. The summed E-state index contributed by atoms with van der Waals surface area (Å²) >= 11 is 1.75. The second kappa shape index (κ2) is 4.98. The van der Waals surface area contributed by atoms with Gasteiger partial charge in [0.15, 0.2) is 0 Å². The van der Waals surface area contributed by atoms with Crippen LogP contribution in [0.2, 0.25) is 0 Å². The molecule has 96 valence electrons. The van der Waals surface area contributed by atoms with Gasteiger partial charge in [-0.2, -0.15) is 0 Å². The van der Waals surface area contributed by atoms with Crippen molar-refractivity contribution in [1.82, 2.24) is 0 Å². The van der Waals surface area contributed by atoms with Crippen molar-refractivity contribution in [2.45, 2.75) is 26.8 Å². The zero-order valence-corrected chi connectivity index (χ0v) is 11.6. The average Bonchev–Trinajstić information content (AvgIpc) is 2.73. The van der Waals surface area contributed by atoms with Gasteiger partial charge in [0.1, 0.15) is 5.82 Å². The van der Waals surface area contributed by atoms with E-state index in [1.165, 1.54) is 15.8 Å². The minimum atomic E-state index is -0.266. The number of thiophene rings is 1. The topological polar surface area (TPSA) is 38.0 Å². The zero-order valence-electron chi connectivity index (χ0n) is 10.8. The minimum absolute atomic E-state index is 0.163. The summed E-state index contributed by atoms with van der Waals surface area (Å²) in [5.41, 5.74) is 7.65. The van der Waals surface area contributed by atoms with Gasteiger partial charge < -0.3 is 11.1 Å². The van der Waals surface area contributed by atoms with Gasteiger partial charge in [0.25, 0.3) is 0 Å². The predicted octanol–water partition coefficient (Wildman–Crippen LogP) is 4.26. The molecule has 1 unspecified atom stereocenters. The molecule has 18 heavy (non-hydrogen) atoms. The highest BCUT2D eigenvalue weighted by molar-refractivity contribution is 7.12. The summed E-state index contributed by atoms with van der Waals surface area (Å²) in [7, 11) is 0. The molecule has 2 nitrogen and oxygen atoms in total. The monoisotopic (exact) mass is 264 g/mol. The van der Waals surface area contributed by atoms with Crippen molar-refractivity contribution < 1.29 is 4.39 Å². The molecule has 0 fully saturated rings. The largest absolute Gasteiger partial charge is 0.397 e. The number of hydrogen-bond acceptors (Lipinski definition) is 3. The van der Waals surface area contributed by atoms with Crippen LogP contribution >= 0.6 is 11.3 Å². The SMILES string of the molecule is Cc1ccc(C(C)Nc2cc(C)c(F)cc2N)s1. The summed E-state index contributed by atoms with van der Waals surface area (Å²) < 4.78 is 13.3. The second-order valence-corrected chi connectivity index (χ2v) is 5.82. The third-order valence-electron chi connectivity index (χ3n) is 2.89. The first-order valence-electron chi connectivity index (χ1n) is 5.86. The van der Waals surface area contributed by atoms with Crippen molar-refractivity contribution >= 4 is 22.7 Å². The smallest absolute Gasteiger partial charge is 0.128 e. The fraction of sp³-hybridized carbons (Fsp3) is 0.286. The van der Waals surface area contributed by atoms with Gasteiger partial charge in [0.2, 0.25) is 0 Å². The Morgan fingerprint density at radius 2 is 2.00 bits per heavy atom. The number of rotatable bonds is 3. The molecule has 0 aliphatic heterocycles. The molecular weight excluding hydrogens is 247 g/mol. The fourth-order valence-electron chi connectivity index (χ4n) is 1.81. The van der Waals surface area contributed by atoms with Crippen LogP contribution < -0.4 is 11.1 Å². The van der Waals surface area contributed by atoms with Gasteiger partial charge in [-0.3, -0.25) is 0 Å². The van der Waals surface area contributed by atoms with E-state index in [1.54, 1.807) is 24.3 Å². The lowest BCUT2D eigenvalue weighted by Crippen LogP contribution is -2.07. The molecule has 2 rings (SSSR count). The molecule has 1 aromatic heterocycles. The van der Waals surface area contributed by atoms with E-state index in [4.69, 9.17) is 5.73 Å². The van der Waals surface area contributed by atoms with Gasteiger partial charge in [-0.1, -0.05) is 0 Å². The maximum atomic E-state index is 13.3. The number of hydrogen-bond donors (Lipinski definition) is 2. The Hall–Kier alpha value is -1.55. The van der Waals surface area contributed by atoms with E-state index in [2.05, 4.69) is 31.3 Å². The van der Waals surface area contributed by atoms with Crippen molar-refractivity contribution in [2.24, 2.45) is 0 Å².